The number of nitrogens with zero attached hydrogens (tertiary/aromatic N) is 3. The van der Waals surface area contributed by atoms with E-state index in [1.807, 2.05) is 26.8 Å². The molecule has 3 aromatic heterocycles. The standard InChI is InChI=1S/C19H22N4O3/c1-5-12(4)23-15(20)13(19(25)26-6-2)10-14-17(23)21-16-11(3)8-7-9-22(16)18(14)24/h7-10,12,20H,5-6H2,1-4H3/t12-/m0/s1. The zero-order chi connectivity index (χ0) is 19.0. The van der Waals surface area contributed by atoms with Crippen LogP contribution in [0, 0.1) is 12.3 Å². The number of esters is 1. The van der Waals surface area contributed by atoms with Gasteiger partial charge in [0.05, 0.1) is 12.0 Å². The number of ether oxygens (including phenoxy) is 1. The summed E-state index contributed by atoms with van der Waals surface area (Å²) in [7, 11) is 0. The van der Waals surface area contributed by atoms with Gasteiger partial charge < -0.3 is 9.30 Å². The lowest BCUT2D eigenvalue weighted by atomic mass is 10.1. The van der Waals surface area contributed by atoms with Crippen molar-refractivity contribution in [1.82, 2.24) is 14.0 Å². The molecule has 0 aliphatic carbocycles. The Labute approximate surface area is 150 Å². The number of fused-ring (bicyclic) bond motifs is 2. The maximum Gasteiger partial charge on any atom is 0.341 e. The van der Waals surface area contributed by atoms with Crippen molar-refractivity contribution in [2.24, 2.45) is 0 Å². The fraction of sp³-hybridized carbons (Fsp3) is 0.368. The van der Waals surface area contributed by atoms with Gasteiger partial charge in [-0.1, -0.05) is 13.0 Å². The predicted molar refractivity (Wildman–Crippen MR) is 98.5 cm³/mol. The molecule has 0 aliphatic rings. The highest BCUT2D eigenvalue weighted by molar-refractivity contribution is 5.93. The van der Waals surface area contributed by atoms with Crippen LogP contribution in [-0.4, -0.2) is 26.5 Å². The van der Waals surface area contributed by atoms with Crippen LogP contribution in [0.5, 0.6) is 0 Å². The van der Waals surface area contributed by atoms with Crippen molar-refractivity contribution in [3.05, 3.63) is 51.4 Å². The lowest BCUT2D eigenvalue weighted by Crippen LogP contribution is -2.32. The van der Waals surface area contributed by atoms with Crippen molar-refractivity contribution in [2.75, 3.05) is 6.61 Å². The van der Waals surface area contributed by atoms with Gasteiger partial charge >= 0.3 is 5.97 Å². The first-order valence-corrected chi connectivity index (χ1v) is 8.69. The maximum absolute atomic E-state index is 13.0. The van der Waals surface area contributed by atoms with Crippen molar-refractivity contribution in [1.29, 1.82) is 5.41 Å². The minimum atomic E-state index is -0.606. The third-order valence-electron chi connectivity index (χ3n) is 4.60. The minimum Gasteiger partial charge on any atom is -0.462 e. The highest BCUT2D eigenvalue weighted by Crippen LogP contribution is 2.18. The van der Waals surface area contributed by atoms with Crippen molar-refractivity contribution in [3.63, 3.8) is 0 Å². The topological polar surface area (TPSA) is 89.4 Å². The second-order valence-electron chi connectivity index (χ2n) is 6.29. The monoisotopic (exact) mass is 354 g/mol. The molecule has 3 rings (SSSR count). The normalized spacial score (nSPS) is 12.5. The van der Waals surface area contributed by atoms with Gasteiger partial charge in [0, 0.05) is 12.2 Å². The molecule has 0 bridgehead atoms. The summed E-state index contributed by atoms with van der Waals surface area (Å²) in [6, 6.07) is 5.00. The van der Waals surface area contributed by atoms with E-state index in [1.165, 1.54) is 10.5 Å². The second-order valence-corrected chi connectivity index (χ2v) is 6.29. The van der Waals surface area contributed by atoms with Gasteiger partial charge in [0.15, 0.2) is 0 Å². The number of hydrogen-bond donors (Lipinski definition) is 1. The van der Waals surface area contributed by atoms with Crippen molar-refractivity contribution in [3.8, 4) is 0 Å². The molecule has 0 amide bonds. The van der Waals surface area contributed by atoms with Crippen LogP contribution in [0.1, 0.15) is 49.2 Å². The minimum absolute atomic E-state index is 0.00938. The van der Waals surface area contributed by atoms with E-state index in [0.29, 0.717) is 16.7 Å². The summed E-state index contributed by atoms with van der Waals surface area (Å²) >= 11 is 0. The highest BCUT2D eigenvalue weighted by Gasteiger charge is 2.20. The van der Waals surface area contributed by atoms with Crippen molar-refractivity contribution in [2.45, 2.75) is 40.2 Å². The molecule has 7 nitrogen and oxygen atoms in total. The van der Waals surface area contributed by atoms with E-state index in [-0.39, 0.29) is 29.3 Å². The van der Waals surface area contributed by atoms with Gasteiger partial charge in [0.25, 0.3) is 5.56 Å². The number of carbonyl (C=O) groups excluding carboxylic acids is 1. The van der Waals surface area contributed by atoms with Crippen LogP contribution in [0.3, 0.4) is 0 Å². The molecule has 0 saturated carbocycles. The van der Waals surface area contributed by atoms with E-state index < -0.39 is 5.97 Å². The molecule has 0 fully saturated rings. The molecular formula is C19H22N4O3. The molecule has 136 valence electrons. The quantitative estimate of drug-likeness (QED) is 0.576. The Morgan fingerprint density at radius 3 is 2.73 bits per heavy atom. The maximum atomic E-state index is 13.0. The van der Waals surface area contributed by atoms with E-state index in [1.54, 1.807) is 23.8 Å². The third-order valence-corrected chi connectivity index (χ3v) is 4.60. The Balaban J connectivity index is 2.53. The zero-order valence-corrected chi connectivity index (χ0v) is 15.4. The number of aromatic nitrogens is 3. The van der Waals surface area contributed by atoms with E-state index >= 15 is 0 Å². The zero-order valence-electron chi connectivity index (χ0n) is 15.4. The molecule has 0 aromatic carbocycles. The third kappa shape index (κ3) is 2.69. The SMILES string of the molecule is CCOC(=O)c1cc2c(=O)n3cccc(C)c3nc2n([C@@H](C)CC)c1=N. The molecule has 0 unspecified atom stereocenters. The second kappa shape index (κ2) is 6.74. The molecule has 1 N–H and O–H groups in total. The lowest BCUT2D eigenvalue weighted by molar-refractivity contribution is 0.0523. The summed E-state index contributed by atoms with van der Waals surface area (Å²) in [6.45, 7) is 7.72. The molecule has 0 aliphatic heterocycles. The molecule has 1 atom stereocenters. The Bertz CT molecular complexity index is 1130. The Kier molecular flexibility index (Phi) is 4.63. The first-order valence-electron chi connectivity index (χ1n) is 8.69. The number of hydrogen-bond acceptors (Lipinski definition) is 5. The summed E-state index contributed by atoms with van der Waals surface area (Å²) in [5.74, 6) is -0.606. The summed E-state index contributed by atoms with van der Waals surface area (Å²) in [6.07, 6.45) is 2.39. The van der Waals surface area contributed by atoms with Crippen LogP contribution < -0.4 is 11.0 Å². The van der Waals surface area contributed by atoms with Gasteiger partial charge in [0.1, 0.15) is 22.3 Å². The Morgan fingerprint density at radius 2 is 2.08 bits per heavy atom. The summed E-state index contributed by atoms with van der Waals surface area (Å²) in [5, 5.41) is 8.82. The first kappa shape index (κ1) is 17.8. The van der Waals surface area contributed by atoms with E-state index in [4.69, 9.17) is 10.1 Å². The largest absolute Gasteiger partial charge is 0.462 e. The van der Waals surface area contributed by atoms with Crippen LogP contribution in [0.2, 0.25) is 0 Å². The molecule has 0 saturated heterocycles. The van der Waals surface area contributed by atoms with Gasteiger partial charge in [-0.15, -0.1) is 0 Å². The Hall–Kier alpha value is -2.96. The molecule has 3 heterocycles. The first-order chi connectivity index (χ1) is 12.4. The van der Waals surface area contributed by atoms with Crippen molar-refractivity contribution < 1.29 is 9.53 Å². The van der Waals surface area contributed by atoms with Crippen LogP contribution in [0.4, 0.5) is 0 Å². The van der Waals surface area contributed by atoms with Crippen LogP contribution >= 0.6 is 0 Å². The van der Waals surface area contributed by atoms with Gasteiger partial charge in [0.2, 0.25) is 0 Å². The van der Waals surface area contributed by atoms with E-state index in [2.05, 4.69) is 4.98 Å². The highest BCUT2D eigenvalue weighted by atomic mass is 16.5. The summed E-state index contributed by atoms with van der Waals surface area (Å²) < 4.78 is 8.19. The van der Waals surface area contributed by atoms with Gasteiger partial charge in [-0.3, -0.25) is 14.6 Å². The van der Waals surface area contributed by atoms with Gasteiger partial charge in [-0.25, -0.2) is 9.78 Å². The molecular weight excluding hydrogens is 332 g/mol. The van der Waals surface area contributed by atoms with E-state index in [9.17, 15) is 9.59 Å². The summed E-state index contributed by atoms with van der Waals surface area (Å²) in [4.78, 5) is 30.0. The molecule has 26 heavy (non-hydrogen) atoms. The van der Waals surface area contributed by atoms with Crippen LogP contribution in [0.15, 0.2) is 29.2 Å². The fourth-order valence-electron chi connectivity index (χ4n) is 3.03. The Morgan fingerprint density at radius 1 is 1.35 bits per heavy atom. The molecule has 0 spiro atoms. The fourth-order valence-corrected chi connectivity index (χ4v) is 3.03. The molecule has 0 radical (unpaired) electrons. The molecule has 7 heteroatoms. The summed E-state index contributed by atoms with van der Waals surface area (Å²) in [5.41, 5.74) is 1.64. The lowest BCUT2D eigenvalue weighted by Gasteiger charge is -2.19. The van der Waals surface area contributed by atoms with E-state index in [0.717, 1.165) is 12.0 Å². The molecule has 3 aromatic rings. The van der Waals surface area contributed by atoms with Crippen molar-refractivity contribution >= 4 is 22.6 Å². The van der Waals surface area contributed by atoms with Crippen LogP contribution in [0.25, 0.3) is 16.7 Å². The number of aryl methyl sites for hydroxylation is 1. The van der Waals surface area contributed by atoms with Gasteiger partial charge in [-0.2, -0.15) is 0 Å². The average molecular weight is 354 g/mol. The number of nitrogens with one attached hydrogen (secondary N) is 1. The number of rotatable bonds is 4. The van der Waals surface area contributed by atoms with Crippen LogP contribution in [-0.2, 0) is 4.74 Å². The predicted octanol–water partition coefficient (Wildman–Crippen LogP) is 2.58. The average Bonchev–Trinajstić information content (AvgIpc) is 2.62. The smallest absolute Gasteiger partial charge is 0.341 e. The van der Waals surface area contributed by atoms with Gasteiger partial charge in [-0.05, 0) is 44.9 Å². The number of carbonyl (C=O) groups is 1. The number of pyridine rings is 2.